The number of hydrogen-bond donors (Lipinski definition) is 6. The lowest BCUT2D eigenvalue weighted by Gasteiger charge is -2.21. The van der Waals surface area contributed by atoms with Gasteiger partial charge in [0.2, 0.25) is 17.7 Å². The first-order valence-corrected chi connectivity index (χ1v) is 13.2. The number of carbonyl (C=O) groups excluding carboxylic acids is 3. The molecular formula is C26H30ClN7O4S. The van der Waals surface area contributed by atoms with E-state index in [9.17, 15) is 14.4 Å². The van der Waals surface area contributed by atoms with Crippen molar-refractivity contribution in [2.45, 2.75) is 31.3 Å². The second kappa shape index (κ2) is 14.1. The van der Waals surface area contributed by atoms with Gasteiger partial charge in [0.05, 0.1) is 11.7 Å². The summed E-state index contributed by atoms with van der Waals surface area (Å²) in [4.78, 5) is 42.8. The lowest BCUT2D eigenvalue weighted by molar-refractivity contribution is -0.127. The highest BCUT2D eigenvalue weighted by Gasteiger charge is 2.25. The minimum Gasteiger partial charge on any atom is -0.455 e. The topological polar surface area (TPSA) is 201 Å². The third kappa shape index (κ3) is 9.28. The van der Waals surface area contributed by atoms with Crippen LogP contribution in [0.3, 0.4) is 0 Å². The largest absolute Gasteiger partial charge is 0.455 e. The molecule has 0 spiro atoms. The Morgan fingerprint density at radius 2 is 1.82 bits per heavy atom. The van der Waals surface area contributed by atoms with E-state index in [0.717, 1.165) is 4.88 Å². The van der Waals surface area contributed by atoms with E-state index in [0.29, 0.717) is 30.2 Å². The van der Waals surface area contributed by atoms with Crippen LogP contribution in [0, 0.1) is 0 Å². The summed E-state index contributed by atoms with van der Waals surface area (Å²) in [7, 11) is 0. The van der Waals surface area contributed by atoms with Gasteiger partial charge in [0.25, 0.3) is 0 Å². The van der Waals surface area contributed by atoms with Gasteiger partial charge in [-0.1, -0.05) is 23.7 Å². The SMILES string of the molecule is NC(=O)c1ccc(NC(=O)[C@H](Cc2cccs2)NC(=O)[C@@H](N)CCCN=C(N)N)c(Oc2cccc(Cl)c2)c1. The van der Waals surface area contributed by atoms with E-state index >= 15 is 0 Å². The molecule has 1 aromatic heterocycles. The molecule has 0 aliphatic carbocycles. The molecule has 11 nitrogen and oxygen atoms in total. The van der Waals surface area contributed by atoms with Gasteiger partial charge >= 0.3 is 0 Å². The summed E-state index contributed by atoms with van der Waals surface area (Å²) in [5.41, 5.74) is 22.6. The lowest BCUT2D eigenvalue weighted by atomic mass is 10.1. The van der Waals surface area contributed by atoms with E-state index in [1.54, 1.807) is 24.3 Å². The van der Waals surface area contributed by atoms with Crippen LogP contribution in [0.2, 0.25) is 5.02 Å². The highest BCUT2D eigenvalue weighted by atomic mass is 35.5. The van der Waals surface area contributed by atoms with Crippen LogP contribution in [0.25, 0.3) is 0 Å². The van der Waals surface area contributed by atoms with Crippen molar-refractivity contribution < 1.29 is 19.1 Å². The first-order valence-electron chi connectivity index (χ1n) is 11.9. The molecule has 39 heavy (non-hydrogen) atoms. The zero-order valence-corrected chi connectivity index (χ0v) is 22.5. The van der Waals surface area contributed by atoms with Crippen molar-refractivity contribution in [3.8, 4) is 11.5 Å². The van der Waals surface area contributed by atoms with Crippen LogP contribution in [0.4, 0.5) is 5.69 Å². The number of nitrogens with zero attached hydrogens (tertiary/aromatic N) is 1. The van der Waals surface area contributed by atoms with Crippen molar-refractivity contribution in [3.05, 3.63) is 75.4 Å². The van der Waals surface area contributed by atoms with E-state index < -0.39 is 29.8 Å². The minimum atomic E-state index is -0.949. The number of aliphatic imine (C=N–C) groups is 1. The van der Waals surface area contributed by atoms with E-state index in [1.807, 2.05) is 17.5 Å². The third-order valence-corrected chi connectivity index (χ3v) is 6.60. The molecule has 0 saturated carbocycles. The zero-order valence-electron chi connectivity index (χ0n) is 20.9. The third-order valence-electron chi connectivity index (χ3n) is 5.47. The fourth-order valence-corrected chi connectivity index (χ4v) is 4.44. The fraction of sp³-hybridized carbons (Fsp3) is 0.231. The molecule has 2 aromatic carbocycles. The number of thiophene rings is 1. The fourth-order valence-electron chi connectivity index (χ4n) is 3.51. The summed E-state index contributed by atoms with van der Waals surface area (Å²) < 4.78 is 5.92. The van der Waals surface area contributed by atoms with Crippen LogP contribution < -0.4 is 38.3 Å². The number of anilines is 1. The molecule has 3 rings (SSSR count). The highest BCUT2D eigenvalue weighted by Crippen LogP contribution is 2.32. The first kappa shape index (κ1) is 29.4. The lowest BCUT2D eigenvalue weighted by Crippen LogP contribution is -2.50. The quantitative estimate of drug-likeness (QED) is 0.103. The Balaban J connectivity index is 1.79. The van der Waals surface area contributed by atoms with Crippen LogP contribution >= 0.6 is 22.9 Å². The Labute approximate surface area is 234 Å². The number of guanidine groups is 1. The predicted molar refractivity (Wildman–Crippen MR) is 153 cm³/mol. The van der Waals surface area contributed by atoms with Gasteiger partial charge in [-0.15, -0.1) is 11.3 Å². The van der Waals surface area contributed by atoms with Gasteiger partial charge in [0.1, 0.15) is 11.8 Å². The van der Waals surface area contributed by atoms with Crippen LogP contribution in [0.5, 0.6) is 11.5 Å². The van der Waals surface area contributed by atoms with Gasteiger partial charge in [-0.3, -0.25) is 19.4 Å². The number of nitrogens with two attached hydrogens (primary N) is 4. The molecule has 1 heterocycles. The first-order chi connectivity index (χ1) is 18.6. The maximum absolute atomic E-state index is 13.4. The Kier molecular flexibility index (Phi) is 10.7. The maximum Gasteiger partial charge on any atom is 0.248 e. The smallest absolute Gasteiger partial charge is 0.248 e. The molecule has 0 radical (unpaired) electrons. The second-order valence-electron chi connectivity index (χ2n) is 8.52. The molecule has 10 N–H and O–H groups in total. The Morgan fingerprint density at radius 3 is 2.49 bits per heavy atom. The number of halogens is 1. The number of amides is 3. The van der Waals surface area contributed by atoms with Crippen LogP contribution in [0.15, 0.2) is 65.0 Å². The number of rotatable bonds is 13. The second-order valence-corrected chi connectivity index (χ2v) is 9.99. The summed E-state index contributed by atoms with van der Waals surface area (Å²) >= 11 is 7.52. The monoisotopic (exact) mass is 571 g/mol. The normalized spacial score (nSPS) is 12.2. The van der Waals surface area contributed by atoms with E-state index in [2.05, 4.69) is 15.6 Å². The maximum atomic E-state index is 13.4. The van der Waals surface area contributed by atoms with Crippen molar-refractivity contribution in [2.75, 3.05) is 11.9 Å². The Bertz CT molecular complexity index is 1330. The van der Waals surface area contributed by atoms with Crippen molar-refractivity contribution >= 4 is 52.3 Å². The molecule has 3 amide bonds. The van der Waals surface area contributed by atoms with Crippen LogP contribution in [-0.2, 0) is 16.0 Å². The number of primary amides is 1. The molecule has 0 bridgehead atoms. The molecule has 0 fully saturated rings. The molecule has 0 aliphatic rings. The number of nitrogens with one attached hydrogen (secondary N) is 2. The van der Waals surface area contributed by atoms with Crippen molar-refractivity contribution in [1.82, 2.24) is 5.32 Å². The molecule has 13 heteroatoms. The Morgan fingerprint density at radius 1 is 1.03 bits per heavy atom. The van der Waals surface area contributed by atoms with Gasteiger partial charge in [0.15, 0.2) is 11.7 Å². The number of benzene rings is 2. The minimum absolute atomic E-state index is 0.0386. The zero-order chi connectivity index (χ0) is 28.4. The summed E-state index contributed by atoms with van der Waals surface area (Å²) in [6, 6.07) is 12.9. The van der Waals surface area contributed by atoms with Crippen LogP contribution in [0.1, 0.15) is 28.1 Å². The van der Waals surface area contributed by atoms with Crippen molar-refractivity contribution in [1.29, 1.82) is 0 Å². The molecule has 206 valence electrons. The van der Waals surface area contributed by atoms with E-state index in [1.165, 1.54) is 29.5 Å². The van der Waals surface area contributed by atoms with Crippen molar-refractivity contribution in [2.24, 2.45) is 27.9 Å². The van der Waals surface area contributed by atoms with Gasteiger partial charge < -0.3 is 38.3 Å². The van der Waals surface area contributed by atoms with Crippen LogP contribution in [-0.4, -0.2) is 42.3 Å². The average molecular weight is 572 g/mol. The number of carbonyl (C=O) groups is 3. The van der Waals surface area contributed by atoms with E-state index in [4.69, 9.17) is 39.3 Å². The summed E-state index contributed by atoms with van der Waals surface area (Å²) in [6.07, 6.45) is 1.05. The van der Waals surface area contributed by atoms with Gasteiger partial charge in [0, 0.05) is 28.4 Å². The molecule has 0 saturated heterocycles. The predicted octanol–water partition coefficient (Wildman–Crippen LogP) is 2.34. The Hall–Kier alpha value is -4.13. The highest BCUT2D eigenvalue weighted by molar-refractivity contribution is 7.09. The van der Waals surface area contributed by atoms with Gasteiger partial charge in [-0.2, -0.15) is 0 Å². The summed E-state index contributed by atoms with van der Waals surface area (Å²) in [5, 5.41) is 7.85. The summed E-state index contributed by atoms with van der Waals surface area (Å²) in [5.74, 6) is -1.15. The molecule has 0 unspecified atom stereocenters. The van der Waals surface area contributed by atoms with Gasteiger partial charge in [-0.05, 0) is 60.7 Å². The standard InChI is InChI=1S/C26H30ClN7O4S/c27-16-4-1-5-17(13-16)38-22-12-15(23(29)35)8-9-20(22)33-25(37)21(14-18-6-3-11-39-18)34-24(36)19(28)7-2-10-32-26(30)31/h1,3-6,8-9,11-13,19,21H,2,7,10,14,28H2,(H2,29,35)(H,33,37)(H,34,36)(H4,30,31,32)/t19-,21-/m0/s1. The van der Waals surface area contributed by atoms with Gasteiger partial charge in [-0.25, -0.2) is 0 Å². The molecule has 0 aliphatic heterocycles. The molecular weight excluding hydrogens is 542 g/mol. The van der Waals surface area contributed by atoms with Crippen molar-refractivity contribution in [3.63, 3.8) is 0 Å². The summed E-state index contributed by atoms with van der Waals surface area (Å²) in [6.45, 7) is 0.332. The van der Waals surface area contributed by atoms with E-state index in [-0.39, 0.29) is 29.4 Å². The molecule has 2 atom stereocenters. The number of ether oxygens (including phenoxy) is 1. The number of hydrogen-bond acceptors (Lipinski definition) is 7. The average Bonchev–Trinajstić information content (AvgIpc) is 3.40. The molecule has 3 aromatic rings.